The van der Waals surface area contributed by atoms with Crippen molar-refractivity contribution in [2.75, 3.05) is 5.32 Å². The summed E-state index contributed by atoms with van der Waals surface area (Å²) in [5.74, 6) is -0.564. The van der Waals surface area contributed by atoms with Crippen LogP contribution in [-0.4, -0.2) is 10.5 Å². The number of hydrogen-bond acceptors (Lipinski definition) is 1. The van der Waals surface area contributed by atoms with E-state index >= 15 is 0 Å². The van der Waals surface area contributed by atoms with Crippen LogP contribution in [-0.2, 0) is 7.05 Å². The highest BCUT2D eigenvalue weighted by Gasteiger charge is 2.16. The van der Waals surface area contributed by atoms with Crippen LogP contribution in [0.15, 0.2) is 42.5 Å². The molecule has 1 N–H and O–H groups in total. The van der Waals surface area contributed by atoms with E-state index in [4.69, 9.17) is 0 Å². The van der Waals surface area contributed by atoms with E-state index in [1.165, 1.54) is 6.07 Å². The van der Waals surface area contributed by atoms with Crippen LogP contribution in [0.2, 0.25) is 0 Å². The Balaban J connectivity index is 2.01. The number of rotatable bonds is 2. The summed E-state index contributed by atoms with van der Waals surface area (Å²) in [5, 5.41) is 3.36. The van der Waals surface area contributed by atoms with Crippen molar-refractivity contribution in [1.82, 2.24) is 4.57 Å². The molecule has 0 unspecified atom stereocenters. The highest BCUT2D eigenvalue weighted by molar-refractivity contribution is 6.06. The van der Waals surface area contributed by atoms with Crippen molar-refractivity contribution in [2.45, 2.75) is 13.8 Å². The molecule has 22 heavy (non-hydrogen) atoms. The van der Waals surface area contributed by atoms with Crippen LogP contribution < -0.4 is 5.32 Å². The van der Waals surface area contributed by atoms with Gasteiger partial charge in [-0.2, -0.15) is 0 Å². The topological polar surface area (TPSA) is 34.0 Å². The molecular weight excluding hydrogens is 279 g/mol. The zero-order chi connectivity index (χ0) is 15.9. The number of aromatic nitrogens is 1. The molecule has 0 atom stereocenters. The van der Waals surface area contributed by atoms with Gasteiger partial charge in [0.2, 0.25) is 0 Å². The van der Waals surface area contributed by atoms with Crippen molar-refractivity contribution in [1.29, 1.82) is 0 Å². The Kier molecular flexibility index (Phi) is 3.45. The molecule has 4 heteroatoms. The summed E-state index contributed by atoms with van der Waals surface area (Å²) in [5.41, 5.74) is 3.97. The molecule has 0 aliphatic carbocycles. The molecule has 3 aromatic rings. The van der Waals surface area contributed by atoms with Crippen molar-refractivity contribution >= 4 is 22.5 Å². The Morgan fingerprint density at radius 3 is 2.64 bits per heavy atom. The van der Waals surface area contributed by atoms with E-state index in [1.807, 2.05) is 32.0 Å². The van der Waals surface area contributed by atoms with Crippen LogP contribution in [0, 0.1) is 19.7 Å². The molecule has 3 nitrogen and oxygen atoms in total. The smallest absolute Gasteiger partial charge is 0.272 e. The predicted molar refractivity (Wildman–Crippen MR) is 86.7 cm³/mol. The summed E-state index contributed by atoms with van der Waals surface area (Å²) < 4.78 is 15.5. The standard InChI is InChI=1S/C18H17FN2O/c1-11-7-8-12(2)15(9-11)20-18(22)17-10-13-14(19)5-4-6-16(13)21(17)3/h4-10H,1-3H3,(H,20,22). The van der Waals surface area contributed by atoms with Crippen LogP contribution >= 0.6 is 0 Å². The third-order valence-electron chi connectivity index (χ3n) is 3.91. The molecule has 1 heterocycles. The third kappa shape index (κ3) is 2.37. The number of amides is 1. The predicted octanol–water partition coefficient (Wildman–Crippen LogP) is 4.19. The third-order valence-corrected chi connectivity index (χ3v) is 3.91. The second kappa shape index (κ2) is 5.30. The van der Waals surface area contributed by atoms with Crippen LogP contribution in [0.4, 0.5) is 10.1 Å². The fourth-order valence-electron chi connectivity index (χ4n) is 2.60. The lowest BCUT2D eigenvalue weighted by Gasteiger charge is -2.10. The number of anilines is 1. The van der Waals surface area contributed by atoms with E-state index in [-0.39, 0.29) is 11.7 Å². The maximum atomic E-state index is 13.8. The molecule has 0 fully saturated rings. The lowest BCUT2D eigenvalue weighted by atomic mass is 10.1. The number of benzene rings is 2. The monoisotopic (exact) mass is 296 g/mol. The normalized spacial score (nSPS) is 10.9. The van der Waals surface area contributed by atoms with Crippen molar-refractivity contribution in [3.05, 3.63) is 65.1 Å². The van der Waals surface area contributed by atoms with Crippen LogP contribution in [0.3, 0.4) is 0 Å². The largest absolute Gasteiger partial charge is 0.340 e. The number of nitrogens with one attached hydrogen (secondary N) is 1. The van der Waals surface area contributed by atoms with E-state index in [1.54, 1.807) is 29.8 Å². The lowest BCUT2D eigenvalue weighted by molar-refractivity contribution is 0.101. The van der Waals surface area contributed by atoms with Crippen LogP contribution in [0.25, 0.3) is 10.9 Å². The van der Waals surface area contributed by atoms with E-state index in [0.29, 0.717) is 16.6 Å². The maximum Gasteiger partial charge on any atom is 0.272 e. The molecule has 0 aliphatic rings. The molecule has 0 saturated carbocycles. The van der Waals surface area contributed by atoms with Gasteiger partial charge >= 0.3 is 0 Å². The first-order valence-electron chi connectivity index (χ1n) is 7.10. The Labute approximate surface area is 128 Å². The second-order valence-electron chi connectivity index (χ2n) is 5.53. The van der Waals surface area contributed by atoms with Gasteiger partial charge in [-0.15, -0.1) is 0 Å². The Hall–Kier alpha value is -2.62. The minimum absolute atomic E-state index is 0.244. The fourth-order valence-corrected chi connectivity index (χ4v) is 2.60. The average molecular weight is 296 g/mol. The molecule has 0 aliphatic heterocycles. The van der Waals surface area contributed by atoms with Gasteiger partial charge in [0.1, 0.15) is 11.5 Å². The Morgan fingerprint density at radius 1 is 1.14 bits per heavy atom. The van der Waals surface area contributed by atoms with Gasteiger partial charge in [-0.25, -0.2) is 4.39 Å². The van der Waals surface area contributed by atoms with Gasteiger partial charge in [0.25, 0.3) is 5.91 Å². The molecule has 1 aromatic heterocycles. The van der Waals surface area contributed by atoms with E-state index in [2.05, 4.69) is 5.32 Å². The highest BCUT2D eigenvalue weighted by Crippen LogP contribution is 2.23. The fraction of sp³-hybridized carbons (Fsp3) is 0.167. The van der Waals surface area contributed by atoms with Gasteiger partial charge in [0.15, 0.2) is 0 Å². The lowest BCUT2D eigenvalue weighted by Crippen LogP contribution is -2.16. The molecule has 0 radical (unpaired) electrons. The molecule has 0 spiro atoms. The molecule has 1 amide bonds. The number of carbonyl (C=O) groups excluding carboxylic acids is 1. The maximum absolute atomic E-state index is 13.8. The second-order valence-corrected chi connectivity index (χ2v) is 5.53. The number of halogens is 1. The van der Waals surface area contributed by atoms with Crippen LogP contribution in [0.5, 0.6) is 0 Å². The summed E-state index contributed by atoms with van der Waals surface area (Å²) in [4.78, 5) is 12.5. The minimum Gasteiger partial charge on any atom is -0.340 e. The van der Waals surface area contributed by atoms with Gasteiger partial charge in [-0.3, -0.25) is 4.79 Å². The van der Waals surface area contributed by atoms with Gasteiger partial charge in [0.05, 0.1) is 5.52 Å². The quantitative estimate of drug-likeness (QED) is 0.756. The summed E-state index contributed by atoms with van der Waals surface area (Å²) in [6, 6.07) is 12.3. The van der Waals surface area contributed by atoms with E-state index < -0.39 is 0 Å². The van der Waals surface area contributed by atoms with E-state index in [9.17, 15) is 9.18 Å². The summed E-state index contributed by atoms with van der Waals surface area (Å²) in [6.45, 7) is 3.91. The van der Waals surface area contributed by atoms with Crippen molar-refractivity contribution < 1.29 is 9.18 Å². The zero-order valence-corrected chi connectivity index (χ0v) is 12.8. The molecule has 2 aromatic carbocycles. The zero-order valence-electron chi connectivity index (χ0n) is 12.8. The highest BCUT2D eigenvalue weighted by atomic mass is 19.1. The first-order valence-corrected chi connectivity index (χ1v) is 7.10. The summed E-state index contributed by atoms with van der Waals surface area (Å²) >= 11 is 0. The van der Waals surface area contributed by atoms with Crippen molar-refractivity contribution in [2.24, 2.45) is 7.05 Å². The number of aryl methyl sites for hydroxylation is 3. The first kappa shape index (κ1) is 14.3. The molecular formula is C18H17FN2O. The number of fused-ring (bicyclic) bond motifs is 1. The number of nitrogens with zero attached hydrogens (tertiary/aromatic N) is 1. The molecule has 112 valence electrons. The minimum atomic E-state index is -0.320. The molecule has 0 bridgehead atoms. The van der Waals surface area contributed by atoms with Gasteiger partial charge in [0, 0.05) is 18.1 Å². The Morgan fingerprint density at radius 2 is 1.91 bits per heavy atom. The molecule has 0 saturated heterocycles. The van der Waals surface area contributed by atoms with Crippen molar-refractivity contribution in [3.63, 3.8) is 0 Å². The number of carbonyl (C=O) groups is 1. The summed E-state index contributed by atoms with van der Waals surface area (Å²) in [7, 11) is 1.76. The van der Waals surface area contributed by atoms with Gasteiger partial charge in [-0.05, 0) is 49.2 Å². The SMILES string of the molecule is Cc1ccc(C)c(NC(=O)c2cc3c(F)cccc3n2C)c1. The average Bonchev–Trinajstić information content (AvgIpc) is 2.82. The van der Waals surface area contributed by atoms with Gasteiger partial charge < -0.3 is 9.88 Å². The van der Waals surface area contributed by atoms with Crippen molar-refractivity contribution in [3.8, 4) is 0 Å². The van der Waals surface area contributed by atoms with Gasteiger partial charge in [-0.1, -0.05) is 18.2 Å². The Bertz CT molecular complexity index is 880. The summed E-state index contributed by atoms with van der Waals surface area (Å²) in [6.07, 6.45) is 0. The first-order chi connectivity index (χ1) is 10.5. The number of hydrogen-bond donors (Lipinski definition) is 1. The molecule has 3 rings (SSSR count). The van der Waals surface area contributed by atoms with Crippen LogP contribution in [0.1, 0.15) is 21.6 Å². The van der Waals surface area contributed by atoms with E-state index in [0.717, 1.165) is 16.8 Å².